The zero-order valence-corrected chi connectivity index (χ0v) is 13.7. The van der Waals surface area contributed by atoms with Crippen LogP contribution < -0.4 is 5.32 Å². The third-order valence-electron chi connectivity index (χ3n) is 2.69. The molecule has 2 rings (SSSR count). The smallest absolute Gasteiger partial charge is 0.261 e. The van der Waals surface area contributed by atoms with E-state index in [2.05, 4.69) is 42.1 Å². The van der Waals surface area contributed by atoms with Crippen molar-refractivity contribution >= 4 is 49.1 Å². The molecule has 4 nitrogen and oxygen atoms in total. The number of hydrogen-bond donors (Lipinski definition) is 1. The fourth-order valence-electron chi connectivity index (χ4n) is 1.70. The Hall–Kier alpha value is 0.0500. The van der Waals surface area contributed by atoms with E-state index in [0.717, 1.165) is 46.0 Å². The molecule has 0 unspecified atom stereocenters. The molecule has 0 radical (unpaired) electrons. The minimum absolute atomic E-state index is 0.0142. The average molecular weight is 398 g/mol. The number of rotatable bonds is 4. The topological polar surface area (TPSA) is 41.6 Å². The molecule has 1 amide bonds. The van der Waals surface area contributed by atoms with E-state index < -0.39 is 0 Å². The number of amides is 1. The fourth-order valence-corrected chi connectivity index (χ4v) is 3.65. The molecule has 0 aliphatic carbocycles. The van der Waals surface area contributed by atoms with E-state index in [1.54, 1.807) is 0 Å². The Labute approximate surface area is 127 Å². The molecule has 100 valence electrons. The van der Waals surface area contributed by atoms with Crippen molar-refractivity contribution in [1.82, 2.24) is 10.2 Å². The summed E-state index contributed by atoms with van der Waals surface area (Å²) in [6.45, 7) is 5.03. The van der Waals surface area contributed by atoms with E-state index in [-0.39, 0.29) is 5.91 Å². The summed E-state index contributed by atoms with van der Waals surface area (Å²) < 4.78 is 7.14. The van der Waals surface area contributed by atoms with Gasteiger partial charge in [0.1, 0.15) is 0 Å². The van der Waals surface area contributed by atoms with Crippen LogP contribution in [0.25, 0.3) is 0 Å². The van der Waals surface area contributed by atoms with Gasteiger partial charge in [-0.25, -0.2) is 0 Å². The summed E-state index contributed by atoms with van der Waals surface area (Å²) in [7, 11) is 0. The highest BCUT2D eigenvalue weighted by Gasteiger charge is 2.13. The van der Waals surface area contributed by atoms with E-state index in [1.165, 1.54) is 11.3 Å². The van der Waals surface area contributed by atoms with Crippen LogP contribution in [0.5, 0.6) is 0 Å². The van der Waals surface area contributed by atoms with E-state index in [4.69, 9.17) is 4.74 Å². The fraction of sp³-hybridized carbons (Fsp3) is 0.545. The van der Waals surface area contributed by atoms with E-state index in [1.807, 2.05) is 6.07 Å². The molecule has 1 aliphatic heterocycles. The van der Waals surface area contributed by atoms with Crippen LogP contribution in [0.15, 0.2) is 14.3 Å². The molecule has 0 spiro atoms. The number of nitrogens with zero attached hydrogens (tertiary/aromatic N) is 1. The lowest BCUT2D eigenvalue weighted by Crippen LogP contribution is -2.41. The van der Waals surface area contributed by atoms with Gasteiger partial charge in [0.05, 0.1) is 21.9 Å². The molecule has 0 saturated carbocycles. The summed E-state index contributed by atoms with van der Waals surface area (Å²) >= 11 is 8.19. The second kappa shape index (κ2) is 7.00. The number of thiophene rings is 1. The van der Waals surface area contributed by atoms with Gasteiger partial charge in [0, 0.05) is 30.7 Å². The van der Waals surface area contributed by atoms with Gasteiger partial charge < -0.3 is 10.1 Å². The maximum absolute atomic E-state index is 11.9. The molecular formula is C11H14Br2N2O2S. The minimum Gasteiger partial charge on any atom is -0.379 e. The van der Waals surface area contributed by atoms with Gasteiger partial charge in [0.2, 0.25) is 0 Å². The van der Waals surface area contributed by atoms with Crippen molar-refractivity contribution in [3.8, 4) is 0 Å². The van der Waals surface area contributed by atoms with Crippen molar-refractivity contribution in [2.24, 2.45) is 0 Å². The highest BCUT2D eigenvalue weighted by Crippen LogP contribution is 2.32. The number of carbonyl (C=O) groups excluding carboxylic acids is 1. The Morgan fingerprint density at radius 3 is 2.78 bits per heavy atom. The molecule has 0 bridgehead atoms. The van der Waals surface area contributed by atoms with Gasteiger partial charge >= 0.3 is 0 Å². The third-order valence-corrected chi connectivity index (χ3v) is 5.94. The highest BCUT2D eigenvalue weighted by molar-refractivity contribution is 9.13. The maximum Gasteiger partial charge on any atom is 0.261 e. The normalized spacial score (nSPS) is 16.8. The third kappa shape index (κ3) is 4.03. The zero-order chi connectivity index (χ0) is 13.0. The van der Waals surface area contributed by atoms with Gasteiger partial charge in [0.25, 0.3) is 5.91 Å². The van der Waals surface area contributed by atoms with E-state index >= 15 is 0 Å². The zero-order valence-electron chi connectivity index (χ0n) is 9.75. The summed E-state index contributed by atoms with van der Waals surface area (Å²) in [6.07, 6.45) is 0. The molecule has 1 saturated heterocycles. The largest absolute Gasteiger partial charge is 0.379 e. The predicted molar refractivity (Wildman–Crippen MR) is 79.3 cm³/mol. The monoisotopic (exact) mass is 396 g/mol. The van der Waals surface area contributed by atoms with Crippen LogP contribution in [0, 0.1) is 0 Å². The Morgan fingerprint density at radius 1 is 1.44 bits per heavy atom. The summed E-state index contributed by atoms with van der Waals surface area (Å²) in [4.78, 5) is 14.9. The molecule has 1 N–H and O–H groups in total. The van der Waals surface area contributed by atoms with Gasteiger partial charge in [-0.05, 0) is 37.9 Å². The molecule has 7 heteroatoms. The number of ether oxygens (including phenoxy) is 1. The van der Waals surface area contributed by atoms with Crippen molar-refractivity contribution < 1.29 is 9.53 Å². The molecule has 1 aromatic rings. The second-order valence-corrected chi connectivity index (χ2v) is 7.17. The number of nitrogens with one attached hydrogen (secondary N) is 1. The van der Waals surface area contributed by atoms with E-state index in [0.29, 0.717) is 6.54 Å². The van der Waals surface area contributed by atoms with Crippen molar-refractivity contribution in [1.29, 1.82) is 0 Å². The molecule has 1 aromatic heterocycles. The maximum atomic E-state index is 11.9. The van der Waals surface area contributed by atoms with Crippen LogP contribution in [0.2, 0.25) is 0 Å². The van der Waals surface area contributed by atoms with E-state index in [9.17, 15) is 4.79 Å². The SMILES string of the molecule is O=C(NCCN1CCOCC1)c1cc(Br)c(Br)s1. The lowest BCUT2D eigenvalue weighted by Gasteiger charge is -2.26. The van der Waals surface area contributed by atoms with Gasteiger partial charge in [-0.1, -0.05) is 0 Å². The number of carbonyl (C=O) groups is 1. The lowest BCUT2D eigenvalue weighted by atomic mass is 10.4. The van der Waals surface area contributed by atoms with Crippen molar-refractivity contribution in [3.05, 3.63) is 19.2 Å². The Kier molecular flexibility index (Phi) is 5.62. The summed E-state index contributed by atoms with van der Waals surface area (Å²) in [5, 5.41) is 2.93. The molecule has 0 aromatic carbocycles. The molecule has 18 heavy (non-hydrogen) atoms. The summed E-state index contributed by atoms with van der Waals surface area (Å²) in [5.74, 6) is -0.0142. The van der Waals surface area contributed by atoms with Gasteiger partial charge in [-0.15, -0.1) is 11.3 Å². The first-order chi connectivity index (χ1) is 8.66. The van der Waals surface area contributed by atoms with Crippen molar-refractivity contribution in [2.45, 2.75) is 0 Å². The Balaban J connectivity index is 1.74. The van der Waals surface area contributed by atoms with Crippen LogP contribution in [-0.2, 0) is 4.74 Å². The number of halogens is 2. The average Bonchev–Trinajstić information content (AvgIpc) is 2.71. The van der Waals surface area contributed by atoms with Crippen LogP contribution in [-0.4, -0.2) is 50.2 Å². The van der Waals surface area contributed by atoms with Gasteiger partial charge in [-0.2, -0.15) is 0 Å². The highest BCUT2D eigenvalue weighted by atomic mass is 79.9. The Morgan fingerprint density at radius 2 is 2.17 bits per heavy atom. The van der Waals surface area contributed by atoms with Crippen molar-refractivity contribution in [2.75, 3.05) is 39.4 Å². The minimum atomic E-state index is -0.0142. The predicted octanol–water partition coefficient (Wildman–Crippen LogP) is 2.34. The first kappa shape index (κ1) is 14.5. The molecule has 1 fully saturated rings. The first-order valence-corrected chi connectivity index (χ1v) is 8.10. The molecular weight excluding hydrogens is 384 g/mol. The first-order valence-electron chi connectivity index (χ1n) is 5.70. The quantitative estimate of drug-likeness (QED) is 0.847. The van der Waals surface area contributed by atoms with Crippen LogP contribution in [0.3, 0.4) is 0 Å². The van der Waals surface area contributed by atoms with Crippen LogP contribution in [0.4, 0.5) is 0 Å². The van der Waals surface area contributed by atoms with Gasteiger partial charge in [-0.3, -0.25) is 9.69 Å². The summed E-state index contributed by atoms with van der Waals surface area (Å²) in [6, 6.07) is 1.83. The van der Waals surface area contributed by atoms with Crippen molar-refractivity contribution in [3.63, 3.8) is 0 Å². The molecule has 2 heterocycles. The molecule has 1 aliphatic rings. The molecule has 0 atom stereocenters. The number of hydrogen-bond acceptors (Lipinski definition) is 4. The standard InChI is InChI=1S/C11H14Br2N2O2S/c12-8-7-9(18-10(8)13)11(16)14-1-2-15-3-5-17-6-4-15/h7H,1-6H2,(H,14,16). The lowest BCUT2D eigenvalue weighted by molar-refractivity contribution is 0.0383. The summed E-state index contributed by atoms with van der Waals surface area (Å²) in [5.41, 5.74) is 0. The van der Waals surface area contributed by atoms with Gasteiger partial charge in [0.15, 0.2) is 0 Å². The Bertz CT molecular complexity index is 400. The van der Waals surface area contributed by atoms with Crippen LogP contribution >= 0.6 is 43.2 Å². The second-order valence-electron chi connectivity index (χ2n) is 3.94. The number of morpholine rings is 1. The van der Waals surface area contributed by atoms with Crippen LogP contribution in [0.1, 0.15) is 9.67 Å².